The van der Waals surface area contributed by atoms with Crippen LogP contribution in [-0.2, 0) is 6.42 Å². The maximum absolute atomic E-state index is 9.98. The van der Waals surface area contributed by atoms with Gasteiger partial charge in [-0.05, 0) is 24.6 Å². The van der Waals surface area contributed by atoms with Gasteiger partial charge in [-0.25, -0.2) is 0 Å². The lowest BCUT2D eigenvalue weighted by Gasteiger charge is -2.09. The molecule has 16 heavy (non-hydrogen) atoms. The van der Waals surface area contributed by atoms with E-state index in [0.29, 0.717) is 6.42 Å². The van der Waals surface area contributed by atoms with Gasteiger partial charge in [-0.2, -0.15) is 0 Å². The van der Waals surface area contributed by atoms with Crippen molar-refractivity contribution in [1.82, 2.24) is 4.98 Å². The smallest absolute Gasteiger partial charge is 0.0999 e. The number of aryl methyl sites for hydroxylation is 1. The molecule has 1 N–H and O–H groups in total. The number of aliphatic hydroxyl groups is 1. The minimum absolute atomic E-state index is 0.524. The lowest BCUT2D eigenvalue weighted by molar-refractivity contribution is 0.173. The van der Waals surface area contributed by atoms with Crippen LogP contribution in [0.25, 0.3) is 0 Å². The van der Waals surface area contributed by atoms with Crippen LogP contribution in [0, 0.1) is 6.92 Å². The molecule has 0 aliphatic carbocycles. The molecule has 0 spiro atoms. The molecule has 0 fully saturated rings. The Morgan fingerprint density at radius 2 is 1.88 bits per heavy atom. The first-order valence-corrected chi connectivity index (χ1v) is 5.40. The normalized spacial score (nSPS) is 12.4. The molecule has 2 rings (SSSR count). The molecule has 0 bridgehead atoms. The molecular formula is C14H15NO. The van der Waals surface area contributed by atoms with Crippen LogP contribution in [-0.4, -0.2) is 10.1 Å². The van der Waals surface area contributed by atoms with E-state index in [0.717, 1.165) is 11.3 Å². The van der Waals surface area contributed by atoms with E-state index in [-0.39, 0.29) is 0 Å². The summed E-state index contributed by atoms with van der Waals surface area (Å²) in [6, 6.07) is 13.8. The zero-order valence-electron chi connectivity index (χ0n) is 9.30. The number of hydrogen-bond donors (Lipinski definition) is 1. The number of benzene rings is 1. The number of rotatable bonds is 3. The Balaban J connectivity index is 2.08. The molecule has 82 valence electrons. The Hall–Kier alpha value is -1.67. The van der Waals surface area contributed by atoms with Crippen molar-refractivity contribution in [3.05, 3.63) is 65.5 Å². The predicted molar refractivity (Wildman–Crippen MR) is 64.1 cm³/mol. The van der Waals surface area contributed by atoms with Crippen LogP contribution >= 0.6 is 0 Å². The van der Waals surface area contributed by atoms with E-state index >= 15 is 0 Å². The van der Waals surface area contributed by atoms with Gasteiger partial charge < -0.3 is 5.11 Å². The lowest BCUT2D eigenvalue weighted by atomic mass is 10.0. The second-order valence-corrected chi connectivity index (χ2v) is 3.96. The maximum atomic E-state index is 9.98. The van der Waals surface area contributed by atoms with Crippen molar-refractivity contribution in [3.8, 4) is 0 Å². The van der Waals surface area contributed by atoms with Crippen molar-refractivity contribution in [2.75, 3.05) is 0 Å². The zero-order valence-corrected chi connectivity index (χ0v) is 9.30. The van der Waals surface area contributed by atoms with Gasteiger partial charge >= 0.3 is 0 Å². The van der Waals surface area contributed by atoms with E-state index in [9.17, 15) is 5.11 Å². The number of pyridine rings is 1. The fraction of sp³-hybridized carbons (Fsp3) is 0.214. The second-order valence-electron chi connectivity index (χ2n) is 3.96. The molecular weight excluding hydrogens is 198 g/mol. The molecule has 2 heteroatoms. The topological polar surface area (TPSA) is 33.1 Å². The summed E-state index contributed by atoms with van der Waals surface area (Å²) < 4.78 is 0. The Labute approximate surface area is 95.6 Å². The molecule has 1 aromatic heterocycles. The average Bonchev–Trinajstić information content (AvgIpc) is 2.33. The first-order chi connectivity index (χ1) is 7.75. The van der Waals surface area contributed by atoms with Gasteiger partial charge in [-0.1, -0.05) is 35.9 Å². The van der Waals surface area contributed by atoms with E-state index in [4.69, 9.17) is 0 Å². The summed E-state index contributed by atoms with van der Waals surface area (Å²) in [7, 11) is 0. The molecule has 0 saturated heterocycles. The third kappa shape index (κ3) is 2.67. The third-order valence-electron chi connectivity index (χ3n) is 2.58. The standard InChI is InChI=1S/C14H15NO/c1-11-5-7-12(8-6-11)10-14(16)13-4-2-3-9-15-13/h2-9,14,16H,10H2,1H3. The highest BCUT2D eigenvalue weighted by Gasteiger charge is 2.08. The van der Waals surface area contributed by atoms with Gasteiger partial charge in [0.05, 0.1) is 11.8 Å². The van der Waals surface area contributed by atoms with Crippen molar-refractivity contribution >= 4 is 0 Å². The fourth-order valence-corrected chi connectivity index (χ4v) is 1.63. The number of nitrogens with zero attached hydrogens (tertiary/aromatic N) is 1. The summed E-state index contributed by atoms with van der Waals surface area (Å²) >= 11 is 0. The van der Waals surface area contributed by atoms with Gasteiger partial charge in [0.1, 0.15) is 0 Å². The van der Waals surface area contributed by atoms with Crippen molar-refractivity contribution in [1.29, 1.82) is 0 Å². The Kier molecular flexibility index (Phi) is 3.32. The molecule has 0 aliphatic heterocycles. The Bertz CT molecular complexity index is 436. The molecule has 0 radical (unpaired) electrons. The summed E-state index contributed by atoms with van der Waals surface area (Å²) in [6.45, 7) is 2.05. The summed E-state index contributed by atoms with van der Waals surface area (Å²) in [6.07, 6.45) is 1.79. The SMILES string of the molecule is Cc1ccc(CC(O)c2ccccn2)cc1. The highest BCUT2D eigenvalue weighted by molar-refractivity contribution is 5.23. The highest BCUT2D eigenvalue weighted by atomic mass is 16.3. The second kappa shape index (κ2) is 4.90. The molecule has 0 saturated carbocycles. The molecule has 0 amide bonds. The van der Waals surface area contributed by atoms with E-state index in [1.54, 1.807) is 6.20 Å². The summed E-state index contributed by atoms with van der Waals surface area (Å²) in [4.78, 5) is 4.14. The summed E-state index contributed by atoms with van der Waals surface area (Å²) in [5, 5.41) is 9.98. The molecule has 2 aromatic rings. The van der Waals surface area contributed by atoms with Crippen LogP contribution in [0.4, 0.5) is 0 Å². The first-order valence-electron chi connectivity index (χ1n) is 5.40. The summed E-state index contributed by atoms with van der Waals surface area (Å²) in [5.41, 5.74) is 3.09. The first kappa shape index (κ1) is 10.8. The molecule has 1 aromatic carbocycles. The van der Waals surface area contributed by atoms with E-state index in [2.05, 4.69) is 24.0 Å². The number of aliphatic hydroxyl groups excluding tert-OH is 1. The highest BCUT2D eigenvalue weighted by Crippen LogP contribution is 2.16. The average molecular weight is 213 g/mol. The van der Waals surface area contributed by atoms with E-state index in [1.807, 2.05) is 30.3 Å². The predicted octanol–water partition coefficient (Wildman–Crippen LogP) is 2.67. The van der Waals surface area contributed by atoms with Crippen molar-refractivity contribution in [3.63, 3.8) is 0 Å². The summed E-state index contributed by atoms with van der Waals surface area (Å²) in [5.74, 6) is 0. The van der Waals surface area contributed by atoms with Gasteiger partial charge in [0.2, 0.25) is 0 Å². The van der Waals surface area contributed by atoms with E-state index in [1.165, 1.54) is 5.56 Å². The zero-order chi connectivity index (χ0) is 11.4. The minimum Gasteiger partial charge on any atom is -0.386 e. The molecule has 0 aliphatic rings. The van der Waals surface area contributed by atoms with Crippen LogP contribution in [0.5, 0.6) is 0 Å². The van der Waals surface area contributed by atoms with Crippen LogP contribution < -0.4 is 0 Å². The molecule has 1 heterocycles. The molecule has 1 atom stereocenters. The molecule has 1 unspecified atom stereocenters. The van der Waals surface area contributed by atoms with Gasteiger partial charge in [0.15, 0.2) is 0 Å². The van der Waals surface area contributed by atoms with Gasteiger partial charge in [-0.3, -0.25) is 4.98 Å². The van der Waals surface area contributed by atoms with Crippen molar-refractivity contribution < 1.29 is 5.11 Å². The minimum atomic E-state index is -0.524. The monoisotopic (exact) mass is 213 g/mol. The van der Waals surface area contributed by atoms with Crippen LogP contribution in [0.15, 0.2) is 48.7 Å². The van der Waals surface area contributed by atoms with Crippen molar-refractivity contribution in [2.45, 2.75) is 19.4 Å². The van der Waals surface area contributed by atoms with Crippen LogP contribution in [0.3, 0.4) is 0 Å². The number of aromatic nitrogens is 1. The lowest BCUT2D eigenvalue weighted by Crippen LogP contribution is -2.03. The Morgan fingerprint density at radius 3 is 2.50 bits per heavy atom. The van der Waals surface area contributed by atoms with Crippen LogP contribution in [0.2, 0.25) is 0 Å². The fourth-order valence-electron chi connectivity index (χ4n) is 1.63. The van der Waals surface area contributed by atoms with Gasteiger partial charge in [0.25, 0.3) is 0 Å². The van der Waals surface area contributed by atoms with E-state index < -0.39 is 6.10 Å². The van der Waals surface area contributed by atoms with Crippen LogP contribution in [0.1, 0.15) is 22.9 Å². The Morgan fingerprint density at radius 1 is 1.12 bits per heavy atom. The van der Waals surface area contributed by atoms with Gasteiger partial charge in [0, 0.05) is 12.6 Å². The quantitative estimate of drug-likeness (QED) is 0.850. The largest absolute Gasteiger partial charge is 0.386 e. The number of hydrogen-bond acceptors (Lipinski definition) is 2. The maximum Gasteiger partial charge on any atom is 0.0999 e. The third-order valence-corrected chi connectivity index (χ3v) is 2.58. The van der Waals surface area contributed by atoms with Crippen molar-refractivity contribution in [2.24, 2.45) is 0 Å². The van der Waals surface area contributed by atoms with Gasteiger partial charge in [-0.15, -0.1) is 0 Å². The molecule has 2 nitrogen and oxygen atoms in total.